The lowest BCUT2D eigenvalue weighted by atomic mass is 10.2. The normalized spacial score (nSPS) is 16.3. The van der Waals surface area contributed by atoms with Crippen LogP contribution in [0.15, 0.2) is 41.6 Å². The molecule has 0 unspecified atom stereocenters. The molecule has 0 saturated carbocycles. The Hall–Kier alpha value is -2.21. The van der Waals surface area contributed by atoms with E-state index in [4.69, 9.17) is 5.26 Å². The van der Waals surface area contributed by atoms with Gasteiger partial charge in [0, 0.05) is 26.2 Å². The first kappa shape index (κ1) is 14.7. The van der Waals surface area contributed by atoms with Gasteiger partial charge in [0.25, 0.3) is 10.0 Å². The van der Waals surface area contributed by atoms with E-state index in [9.17, 15) is 8.42 Å². The van der Waals surface area contributed by atoms with Crippen LogP contribution < -0.4 is 5.32 Å². The summed E-state index contributed by atoms with van der Waals surface area (Å²) in [6.45, 7) is 2.18. The highest BCUT2D eigenvalue weighted by Crippen LogP contribution is 2.20. The predicted molar refractivity (Wildman–Crippen MR) is 79.9 cm³/mol. The standard InChI is InChI=1S/C14H15N5O2S/c15-11-12-1-3-13(4-2-12)19-14(5-6-17-19)22(20,21)18-9-7-16-8-10-18/h1-6,16H,7-10H2. The molecular formula is C14H15N5O2S. The van der Waals surface area contributed by atoms with Gasteiger partial charge in [-0.15, -0.1) is 0 Å². The van der Waals surface area contributed by atoms with Crippen LogP contribution in [0.3, 0.4) is 0 Å². The van der Waals surface area contributed by atoms with E-state index < -0.39 is 10.0 Å². The van der Waals surface area contributed by atoms with E-state index in [1.54, 1.807) is 24.3 Å². The smallest absolute Gasteiger partial charge is 0.260 e. The van der Waals surface area contributed by atoms with Gasteiger partial charge in [0.05, 0.1) is 23.5 Å². The Bertz CT molecular complexity index is 799. The Morgan fingerprint density at radius 1 is 1.14 bits per heavy atom. The molecule has 2 heterocycles. The third-order valence-corrected chi connectivity index (χ3v) is 5.41. The summed E-state index contributed by atoms with van der Waals surface area (Å²) in [6, 6.07) is 10.2. The average Bonchev–Trinajstić information content (AvgIpc) is 3.06. The zero-order valence-electron chi connectivity index (χ0n) is 11.8. The first-order valence-electron chi connectivity index (χ1n) is 6.88. The van der Waals surface area contributed by atoms with E-state index in [-0.39, 0.29) is 5.03 Å². The fourth-order valence-corrected chi connectivity index (χ4v) is 3.91. The number of benzene rings is 1. The number of piperazine rings is 1. The van der Waals surface area contributed by atoms with E-state index in [0.29, 0.717) is 37.4 Å². The van der Waals surface area contributed by atoms with Crippen molar-refractivity contribution in [2.75, 3.05) is 26.2 Å². The number of rotatable bonds is 3. The van der Waals surface area contributed by atoms with Crippen LogP contribution in [0, 0.1) is 11.3 Å². The largest absolute Gasteiger partial charge is 0.314 e. The molecule has 3 rings (SSSR count). The fourth-order valence-electron chi connectivity index (χ4n) is 2.37. The maximum Gasteiger partial charge on any atom is 0.260 e. The predicted octanol–water partition coefficient (Wildman–Crippen LogP) is 0.338. The van der Waals surface area contributed by atoms with E-state index in [0.717, 1.165) is 0 Å². The SMILES string of the molecule is N#Cc1ccc(-n2nccc2S(=O)(=O)N2CCNCC2)cc1. The molecule has 7 nitrogen and oxygen atoms in total. The van der Waals surface area contributed by atoms with E-state index in [1.807, 2.05) is 6.07 Å². The Labute approximate surface area is 128 Å². The van der Waals surface area contributed by atoms with Gasteiger partial charge in [-0.1, -0.05) is 0 Å². The second-order valence-corrected chi connectivity index (χ2v) is 6.78. The minimum atomic E-state index is -3.58. The number of aromatic nitrogens is 2. The molecule has 0 radical (unpaired) electrons. The second kappa shape index (κ2) is 5.88. The van der Waals surface area contributed by atoms with Gasteiger partial charge in [-0.3, -0.25) is 0 Å². The lowest BCUT2D eigenvalue weighted by Gasteiger charge is -2.26. The fraction of sp³-hybridized carbons (Fsp3) is 0.286. The highest BCUT2D eigenvalue weighted by atomic mass is 32.2. The summed E-state index contributed by atoms with van der Waals surface area (Å²) in [7, 11) is -3.58. The third-order valence-electron chi connectivity index (χ3n) is 3.53. The van der Waals surface area contributed by atoms with Crippen molar-refractivity contribution in [2.45, 2.75) is 5.03 Å². The van der Waals surface area contributed by atoms with Crippen LogP contribution in [-0.2, 0) is 10.0 Å². The summed E-state index contributed by atoms with van der Waals surface area (Å²) < 4.78 is 28.3. The van der Waals surface area contributed by atoms with Crippen molar-refractivity contribution in [3.63, 3.8) is 0 Å². The van der Waals surface area contributed by atoms with Crippen molar-refractivity contribution >= 4 is 10.0 Å². The molecule has 1 aromatic carbocycles. The number of sulfonamides is 1. The van der Waals surface area contributed by atoms with E-state index in [1.165, 1.54) is 21.3 Å². The molecule has 0 amide bonds. The average molecular weight is 317 g/mol. The van der Waals surface area contributed by atoms with Crippen LogP contribution in [-0.4, -0.2) is 48.7 Å². The van der Waals surface area contributed by atoms with E-state index in [2.05, 4.69) is 10.4 Å². The van der Waals surface area contributed by atoms with Crippen LogP contribution in [0.1, 0.15) is 5.56 Å². The lowest BCUT2D eigenvalue weighted by Crippen LogP contribution is -2.46. The van der Waals surface area contributed by atoms with Crippen LogP contribution >= 0.6 is 0 Å². The van der Waals surface area contributed by atoms with Crippen molar-refractivity contribution in [3.05, 3.63) is 42.1 Å². The van der Waals surface area contributed by atoms with Crippen molar-refractivity contribution in [1.29, 1.82) is 5.26 Å². The van der Waals surface area contributed by atoms with Gasteiger partial charge in [-0.05, 0) is 30.3 Å². The molecule has 114 valence electrons. The Morgan fingerprint density at radius 2 is 1.82 bits per heavy atom. The van der Waals surface area contributed by atoms with Crippen molar-refractivity contribution in [1.82, 2.24) is 19.4 Å². The highest BCUT2D eigenvalue weighted by molar-refractivity contribution is 7.89. The van der Waals surface area contributed by atoms with Crippen LogP contribution in [0.2, 0.25) is 0 Å². The molecule has 22 heavy (non-hydrogen) atoms. The summed E-state index contributed by atoms with van der Waals surface area (Å²) in [4.78, 5) is 0. The maximum atomic E-state index is 12.8. The first-order valence-corrected chi connectivity index (χ1v) is 8.32. The van der Waals surface area contributed by atoms with Crippen LogP contribution in [0.25, 0.3) is 5.69 Å². The number of hydrogen-bond donors (Lipinski definition) is 1. The zero-order valence-corrected chi connectivity index (χ0v) is 12.6. The molecule has 1 fully saturated rings. The number of nitriles is 1. The van der Waals surface area contributed by atoms with Crippen molar-refractivity contribution in [2.24, 2.45) is 0 Å². The van der Waals surface area contributed by atoms with Crippen LogP contribution in [0.5, 0.6) is 0 Å². The molecule has 0 bridgehead atoms. The minimum Gasteiger partial charge on any atom is -0.314 e. The van der Waals surface area contributed by atoms with Gasteiger partial charge in [0.1, 0.15) is 0 Å². The Balaban J connectivity index is 1.99. The molecule has 8 heteroatoms. The summed E-state index contributed by atoms with van der Waals surface area (Å²) in [5, 5.41) is 16.2. The van der Waals surface area contributed by atoms with Gasteiger partial charge in [-0.2, -0.15) is 14.7 Å². The van der Waals surface area contributed by atoms with Crippen molar-refractivity contribution < 1.29 is 8.42 Å². The molecule has 1 aromatic heterocycles. The topological polar surface area (TPSA) is 91.0 Å². The van der Waals surface area contributed by atoms with E-state index >= 15 is 0 Å². The monoisotopic (exact) mass is 317 g/mol. The second-order valence-electron chi connectivity index (χ2n) is 4.89. The molecular weight excluding hydrogens is 302 g/mol. The summed E-state index contributed by atoms with van der Waals surface area (Å²) in [6.07, 6.45) is 1.47. The minimum absolute atomic E-state index is 0.138. The van der Waals surface area contributed by atoms with Gasteiger partial charge >= 0.3 is 0 Å². The Morgan fingerprint density at radius 3 is 2.45 bits per heavy atom. The molecule has 0 spiro atoms. The third kappa shape index (κ3) is 2.62. The van der Waals surface area contributed by atoms with Crippen molar-refractivity contribution in [3.8, 4) is 11.8 Å². The highest BCUT2D eigenvalue weighted by Gasteiger charge is 2.29. The summed E-state index contributed by atoms with van der Waals surface area (Å²) >= 11 is 0. The molecule has 1 aliphatic heterocycles. The number of hydrogen-bond acceptors (Lipinski definition) is 5. The molecule has 1 N–H and O–H groups in total. The van der Waals surface area contributed by atoms with Crippen LogP contribution in [0.4, 0.5) is 0 Å². The maximum absolute atomic E-state index is 12.8. The summed E-state index contributed by atoms with van der Waals surface area (Å²) in [5.41, 5.74) is 1.13. The van der Waals surface area contributed by atoms with Gasteiger partial charge in [0.2, 0.25) is 0 Å². The molecule has 0 aliphatic carbocycles. The Kier molecular flexibility index (Phi) is 3.94. The lowest BCUT2D eigenvalue weighted by molar-refractivity contribution is 0.358. The quantitative estimate of drug-likeness (QED) is 0.881. The van der Waals surface area contributed by atoms with Gasteiger partial charge in [0.15, 0.2) is 5.03 Å². The number of nitrogens with one attached hydrogen (secondary N) is 1. The molecule has 1 saturated heterocycles. The molecule has 0 atom stereocenters. The van der Waals surface area contributed by atoms with Gasteiger partial charge in [-0.25, -0.2) is 13.1 Å². The molecule has 2 aromatic rings. The number of nitrogens with zero attached hydrogens (tertiary/aromatic N) is 4. The van der Waals surface area contributed by atoms with Gasteiger partial charge < -0.3 is 5.32 Å². The zero-order chi connectivity index (χ0) is 15.6. The summed E-state index contributed by atoms with van der Waals surface area (Å²) in [5.74, 6) is 0. The molecule has 1 aliphatic rings. The first-order chi connectivity index (χ1) is 10.6.